The largest absolute Gasteiger partial charge is 0.346 e. The van der Waals surface area contributed by atoms with Crippen LogP contribution in [0.2, 0.25) is 0 Å². The van der Waals surface area contributed by atoms with Crippen molar-refractivity contribution in [2.45, 2.75) is 25.8 Å². The van der Waals surface area contributed by atoms with Crippen LogP contribution >= 0.6 is 0 Å². The van der Waals surface area contributed by atoms with E-state index in [2.05, 4.69) is 5.32 Å². The number of hydrogen-bond donors (Lipinski definition) is 1. The van der Waals surface area contributed by atoms with Crippen molar-refractivity contribution < 1.29 is 17.6 Å². The number of benzene rings is 1. The standard InChI is InChI=1S/C15H18FNO3S/c1-11(12-3-5-13(16)6-4-12)9-14(18)17-15(2)7-8-21(19,20)10-15/h3-6,9H,7-8,10H2,1-2H3,(H,17,18)/b11-9+/t15-/m0/s1. The summed E-state index contributed by atoms with van der Waals surface area (Å²) in [5.74, 6) is -0.601. The van der Waals surface area contributed by atoms with E-state index in [4.69, 9.17) is 0 Å². The fraction of sp³-hybridized carbons (Fsp3) is 0.400. The van der Waals surface area contributed by atoms with Gasteiger partial charge in [0.1, 0.15) is 5.82 Å². The molecule has 4 nitrogen and oxygen atoms in total. The lowest BCUT2D eigenvalue weighted by molar-refractivity contribution is -0.117. The molecule has 1 saturated heterocycles. The molecule has 0 unspecified atom stereocenters. The molecule has 1 atom stereocenters. The molecule has 1 fully saturated rings. The molecule has 1 N–H and O–H groups in total. The second kappa shape index (κ2) is 5.60. The summed E-state index contributed by atoms with van der Waals surface area (Å²) in [6.45, 7) is 3.48. The molecule has 21 heavy (non-hydrogen) atoms. The van der Waals surface area contributed by atoms with Gasteiger partial charge in [-0.2, -0.15) is 0 Å². The van der Waals surface area contributed by atoms with E-state index < -0.39 is 15.4 Å². The molecular formula is C15H18FNO3S. The zero-order valence-electron chi connectivity index (χ0n) is 12.0. The lowest BCUT2D eigenvalue weighted by atomic mass is 10.0. The van der Waals surface area contributed by atoms with Crippen LogP contribution in [0.5, 0.6) is 0 Å². The van der Waals surface area contributed by atoms with Crippen molar-refractivity contribution in [1.82, 2.24) is 5.32 Å². The Kier molecular flexibility index (Phi) is 4.18. The molecule has 0 aromatic heterocycles. The number of nitrogens with one attached hydrogen (secondary N) is 1. The first kappa shape index (κ1) is 15.7. The number of carbonyl (C=O) groups is 1. The molecule has 1 aromatic carbocycles. The minimum Gasteiger partial charge on any atom is -0.346 e. The fourth-order valence-electron chi connectivity index (χ4n) is 2.44. The molecule has 6 heteroatoms. The first-order chi connectivity index (χ1) is 9.69. The quantitative estimate of drug-likeness (QED) is 0.868. The summed E-state index contributed by atoms with van der Waals surface area (Å²) < 4.78 is 35.9. The molecule has 114 valence electrons. The topological polar surface area (TPSA) is 63.2 Å². The van der Waals surface area contributed by atoms with E-state index in [9.17, 15) is 17.6 Å². The lowest BCUT2D eigenvalue weighted by Crippen LogP contribution is -2.46. The van der Waals surface area contributed by atoms with Gasteiger partial charge >= 0.3 is 0 Å². The van der Waals surface area contributed by atoms with Crippen LogP contribution in [0.3, 0.4) is 0 Å². The van der Waals surface area contributed by atoms with Crippen molar-refractivity contribution >= 4 is 21.3 Å². The van der Waals surface area contributed by atoms with Crippen molar-refractivity contribution in [3.63, 3.8) is 0 Å². The van der Waals surface area contributed by atoms with Gasteiger partial charge in [-0.15, -0.1) is 0 Å². The maximum atomic E-state index is 12.9. The number of amides is 1. The Morgan fingerprint density at radius 1 is 1.33 bits per heavy atom. The van der Waals surface area contributed by atoms with Crippen molar-refractivity contribution in [2.75, 3.05) is 11.5 Å². The highest BCUT2D eigenvalue weighted by Gasteiger charge is 2.39. The third-order valence-electron chi connectivity index (χ3n) is 3.58. The summed E-state index contributed by atoms with van der Waals surface area (Å²) in [7, 11) is -3.06. The molecule has 2 rings (SSSR count). The number of sulfone groups is 1. The first-order valence-electron chi connectivity index (χ1n) is 6.66. The molecule has 0 radical (unpaired) electrons. The average molecular weight is 311 g/mol. The van der Waals surface area contributed by atoms with Gasteiger partial charge in [-0.3, -0.25) is 4.79 Å². The van der Waals surface area contributed by atoms with Gasteiger partial charge in [-0.25, -0.2) is 12.8 Å². The molecule has 0 aliphatic carbocycles. The average Bonchev–Trinajstić information content (AvgIpc) is 2.63. The Bertz CT molecular complexity index is 679. The Balaban J connectivity index is 2.07. The van der Waals surface area contributed by atoms with Crippen molar-refractivity contribution in [3.8, 4) is 0 Å². The van der Waals surface area contributed by atoms with Crippen LogP contribution in [-0.2, 0) is 14.6 Å². The van der Waals surface area contributed by atoms with Crippen LogP contribution < -0.4 is 5.32 Å². The molecule has 0 bridgehead atoms. The van der Waals surface area contributed by atoms with Crippen molar-refractivity contribution in [2.24, 2.45) is 0 Å². The Morgan fingerprint density at radius 3 is 2.48 bits per heavy atom. The Morgan fingerprint density at radius 2 is 1.95 bits per heavy atom. The number of allylic oxidation sites excluding steroid dienone is 1. The SMILES string of the molecule is C/C(=C\C(=O)N[C@@]1(C)CCS(=O)(=O)C1)c1ccc(F)cc1. The number of hydrogen-bond acceptors (Lipinski definition) is 3. The third-order valence-corrected chi connectivity index (χ3v) is 5.48. The van der Waals surface area contributed by atoms with Gasteiger partial charge in [0.05, 0.1) is 17.0 Å². The summed E-state index contributed by atoms with van der Waals surface area (Å²) in [5, 5.41) is 2.75. The van der Waals surface area contributed by atoms with E-state index in [1.54, 1.807) is 26.0 Å². The maximum Gasteiger partial charge on any atom is 0.244 e. The van der Waals surface area contributed by atoms with Gasteiger partial charge in [0, 0.05) is 6.08 Å². The minimum absolute atomic E-state index is 0.0326. The smallest absolute Gasteiger partial charge is 0.244 e. The van der Waals surface area contributed by atoms with Gasteiger partial charge < -0.3 is 5.32 Å². The van der Waals surface area contributed by atoms with Gasteiger partial charge in [0.2, 0.25) is 5.91 Å². The fourth-order valence-corrected chi connectivity index (χ4v) is 4.53. The zero-order valence-corrected chi connectivity index (χ0v) is 12.8. The van der Waals surface area contributed by atoms with Crippen LogP contribution in [-0.4, -0.2) is 31.4 Å². The number of halogens is 1. The van der Waals surface area contributed by atoms with Crippen molar-refractivity contribution in [3.05, 3.63) is 41.7 Å². The lowest BCUT2D eigenvalue weighted by Gasteiger charge is -2.23. The van der Waals surface area contributed by atoms with E-state index in [1.807, 2.05) is 0 Å². The van der Waals surface area contributed by atoms with Gasteiger partial charge in [-0.05, 0) is 43.5 Å². The molecule has 1 amide bonds. The summed E-state index contributed by atoms with van der Waals surface area (Å²) in [4.78, 5) is 12.0. The highest BCUT2D eigenvalue weighted by atomic mass is 32.2. The van der Waals surface area contributed by atoms with Crippen molar-refractivity contribution in [1.29, 1.82) is 0 Å². The van der Waals surface area contributed by atoms with Crippen LogP contribution in [0.15, 0.2) is 30.3 Å². The Labute approximate surface area is 124 Å². The van der Waals surface area contributed by atoms with E-state index in [0.29, 0.717) is 12.0 Å². The van der Waals surface area contributed by atoms with Gasteiger partial charge in [0.25, 0.3) is 0 Å². The highest BCUT2D eigenvalue weighted by Crippen LogP contribution is 2.23. The van der Waals surface area contributed by atoms with E-state index >= 15 is 0 Å². The monoisotopic (exact) mass is 311 g/mol. The second-order valence-corrected chi connectivity index (χ2v) is 7.91. The van der Waals surface area contributed by atoms with E-state index in [1.165, 1.54) is 18.2 Å². The van der Waals surface area contributed by atoms with E-state index in [-0.39, 0.29) is 23.2 Å². The van der Waals surface area contributed by atoms with E-state index in [0.717, 1.165) is 5.56 Å². The molecule has 1 aliphatic heterocycles. The van der Waals surface area contributed by atoms with Crippen LogP contribution in [0.1, 0.15) is 25.8 Å². The first-order valence-corrected chi connectivity index (χ1v) is 8.48. The molecule has 0 saturated carbocycles. The third kappa shape index (κ3) is 4.14. The maximum absolute atomic E-state index is 12.9. The van der Waals surface area contributed by atoms with Crippen LogP contribution in [0, 0.1) is 5.82 Å². The van der Waals surface area contributed by atoms with Crippen LogP contribution in [0.4, 0.5) is 4.39 Å². The number of rotatable bonds is 3. The predicted octanol–water partition coefficient (Wildman–Crippen LogP) is 1.92. The minimum atomic E-state index is -3.06. The summed E-state index contributed by atoms with van der Waals surface area (Å²) in [5.41, 5.74) is 0.725. The highest BCUT2D eigenvalue weighted by molar-refractivity contribution is 7.91. The molecule has 1 heterocycles. The predicted molar refractivity (Wildman–Crippen MR) is 79.9 cm³/mol. The molecule has 0 spiro atoms. The van der Waals surface area contributed by atoms with Gasteiger partial charge in [-0.1, -0.05) is 12.1 Å². The second-order valence-electron chi connectivity index (χ2n) is 5.73. The summed E-state index contributed by atoms with van der Waals surface area (Å²) >= 11 is 0. The molecule has 1 aromatic rings. The van der Waals surface area contributed by atoms with Crippen LogP contribution in [0.25, 0.3) is 5.57 Å². The Hall–Kier alpha value is -1.69. The molecular weight excluding hydrogens is 293 g/mol. The number of carbonyl (C=O) groups excluding carboxylic acids is 1. The normalized spacial score (nSPS) is 24.8. The zero-order chi connectivity index (χ0) is 15.7. The van der Waals surface area contributed by atoms with Gasteiger partial charge in [0.15, 0.2) is 9.84 Å². The molecule has 1 aliphatic rings. The summed E-state index contributed by atoms with van der Waals surface area (Å²) in [6.07, 6.45) is 1.83. The summed E-state index contributed by atoms with van der Waals surface area (Å²) in [6, 6.07) is 5.84.